The largest absolute Gasteiger partial charge is 0.479 e. The van der Waals surface area contributed by atoms with Gasteiger partial charge in [-0.15, -0.1) is 0 Å². The highest BCUT2D eigenvalue weighted by Gasteiger charge is 2.15. The number of rotatable bonds is 7. The van der Waals surface area contributed by atoms with E-state index in [1.807, 2.05) is 0 Å². The Morgan fingerprint density at radius 2 is 2.26 bits per heavy atom. The minimum atomic E-state index is -0.684. The van der Waals surface area contributed by atoms with Gasteiger partial charge in [0, 0.05) is 19.2 Å². The van der Waals surface area contributed by atoms with Crippen LogP contribution < -0.4 is 10.1 Å². The third-order valence-corrected chi connectivity index (χ3v) is 2.67. The van der Waals surface area contributed by atoms with Crippen LogP contribution >= 0.6 is 11.6 Å². The lowest BCUT2D eigenvalue weighted by atomic mass is 10.2. The molecule has 0 heterocycles. The molecule has 5 nitrogen and oxygen atoms in total. The first-order chi connectivity index (χ1) is 9.08. The van der Waals surface area contributed by atoms with E-state index in [2.05, 4.69) is 5.32 Å². The van der Waals surface area contributed by atoms with E-state index in [0.29, 0.717) is 35.8 Å². The summed E-state index contributed by atoms with van der Waals surface area (Å²) >= 11 is 5.95. The molecule has 1 aromatic rings. The van der Waals surface area contributed by atoms with Gasteiger partial charge in [0.25, 0.3) is 5.91 Å². The fraction of sp³-hybridized carbons (Fsp3) is 0.385. The van der Waals surface area contributed by atoms with Crippen molar-refractivity contribution in [3.8, 4) is 5.75 Å². The summed E-state index contributed by atoms with van der Waals surface area (Å²) < 4.78 is 10.3. The number of ether oxygens (including phenoxy) is 2. The minimum absolute atomic E-state index is 0.257. The number of methoxy groups -OCH3 is 1. The molecule has 0 bridgehead atoms. The van der Waals surface area contributed by atoms with Crippen molar-refractivity contribution in [2.24, 2.45) is 0 Å². The van der Waals surface area contributed by atoms with E-state index < -0.39 is 6.10 Å². The quantitative estimate of drug-likeness (QED) is 0.611. The van der Waals surface area contributed by atoms with Crippen molar-refractivity contribution in [2.75, 3.05) is 20.3 Å². The van der Waals surface area contributed by atoms with Gasteiger partial charge < -0.3 is 14.8 Å². The zero-order chi connectivity index (χ0) is 14.3. The number of carbonyl (C=O) groups excluding carboxylic acids is 2. The van der Waals surface area contributed by atoms with Gasteiger partial charge in [0.1, 0.15) is 12.0 Å². The molecular formula is C13H16ClNO4. The number of aldehydes is 1. The Morgan fingerprint density at radius 1 is 1.53 bits per heavy atom. The monoisotopic (exact) mass is 285 g/mol. The molecule has 1 N–H and O–H groups in total. The van der Waals surface area contributed by atoms with Crippen LogP contribution in [0.1, 0.15) is 17.3 Å². The van der Waals surface area contributed by atoms with E-state index in [9.17, 15) is 9.59 Å². The molecule has 0 spiro atoms. The fourth-order valence-electron chi connectivity index (χ4n) is 1.35. The van der Waals surface area contributed by atoms with E-state index in [0.717, 1.165) is 0 Å². The molecule has 6 heteroatoms. The summed E-state index contributed by atoms with van der Waals surface area (Å²) in [6.45, 7) is 2.47. The molecule has 1 unspecified atom stereocenters. The Balaban J connectivity index is 2.58. The highest BCUT2D eigenvalue weighted by Crippen LogP contribution is 2.25. The average molecular weight is 286 g/mol. The summed E-state index contributed by atoms with van der Waals surface area (Å²) in [4.78, 5) is 22.2. The number of hydrogen-bond donors (Lipinski definition) is 1. The summed E-state index contributed by atoms with van der Waals surface area (Å²) in [7, 11) is 1.56. The predicted molar refractivity (Wildman–Crippen MR) is 71.8 cm³/mol. The first-order valence-electron chi connectivity index (χ1n) is 5.76. The number of nitrogens with one attached hydrogen (secondary N) is 1. The van der Waals surface area contributed by atoms with Crippen LogP contribution in [0.25, 0.3) is 0 Å². The summed E-state index contributed by atoms with van der Waals surface area (Å²) in [6.07, 6.45) is 0.00716. The van der Waals surface area contributed by atoms with Crippen molar-refractivity contribution in [3.05, 3.63) is 28.8 Å². The molecule has 0 aromatic heterocycles. The standard InChI is InChI=1S/C13H16ClNO4/c1-9(13(17)15-5-6-18-2)19-12-4-3-10(8-16)7-11(12)14/h3-4,7-9H,5-6H2,1-2H3,(H,15,17). The van der Waals surface area contributed by atoms with Crippen LogP contribution in [0, 0.1) is 0 Å². The number of amides is 1. The molecule has 1 rings (SSSR count). The van der Waals surface area contributed by atoms with Crippen molar-refractivity contribution in [3.63, 3.8) is 0 Å². The normalized spacial score (nSPS) is 11.7. The van der Waals surface area contributed by atoms with Crippen LogP contribution in [0.3, 0.4) is 0 Å². The fourth-order valence-corrected chi connectivity index (χ4v) is 1.58. The van der Waals surface area contributed by atoms with Gasteiger partial charge in [0.2, 0.25) is 0 Å². The third kappa shape index (κ3) is 4.89. The van der Waals surface area contributed by atoms with Crippen molar-refractivity contribution >= 4 is 23.8 Å². The molecule has 1 atom stereocenters. The minimum Gasteiger partial charge on any atom is -0.479 e. The molecule has 0 aliphatic rings. The highest BCUT2D eigenvalue weighted by molar-refractivity contribution is 6.32. The van der Waals surface area contributed by atoms with Crippen LogP contribution in [0.2, 0.25) is 5.02 Å². The van der Waals surface area contributed by atoms with E-state index >= 15 is 0 Å². The van der Waals surface area contributed by atoms with E-state index in [-0.39, 0.29) is 5.91 Å². The van der Waals surface area contributed by atoms with Gasteiger partial charge in [0.15, 0.2) is 6.10 Å². The number of halogens is 1. The Hall–Kier alpha value is -1.59. The van der Waals surface area contributed by atoms with E-state index in [1.54, 1.807) is 26.2 Å². The Morgan fingerprint density at radius 3 is 2.84 bits per heavy atom. The van der Waals surface area contributed by atoms with Crippen molar-refractivity contribution in [1.82, 2.24) is 5.32 Å². The highest BCUT2D eigenvalue weighted by atomic mass is 35.5. The number of benzene rings is 1. The van der Waals surface area contributed by atoms with E-state index in [1.165, 1.54) is 6.07 Å². The van der Waals surface area contributed by atoms with Crippen LogP contribution in [0.5, 0.6) is 5.75 Å². The lowest BCUT2D eigenvalue weighted by Crippen LogP contribution is -2.37. The van der Waals surface area contributed by atoms with Gasteiger partial charge in [-0.3, -0.25) is 9.59 Å². The van der Waals surface area contributed by atoms with Crippen LogP contribution in [0.4, 0.5) is 0 Å². The Kier molecular flexibility index (Phi) is 6.32. The van der Waals surface area contributed by atoms with Crippen LogP contribution in [0.15, 0.2) is 18.2 Å². The second-order valence-corrected chi connectivity index (χ2v) is 4.26. The maximum absolute atomic E-state index is 11.7. The molecule has 1 amide bonds. The second-order valence-electron chi connectivity index (χ2n) is 3.85. The van der Waals surface area contributed by atoms with Gasteiger partial charge in [-0.05, 0) is 25.1 Å². The van der Waals surface area contributed by atoms with E-state index in [4.69, 9.17) is 21.1 Å². The summed E-state index contributed by atoms with van der Waals surface area (Å²) in [6, 6.07) is 4.62. The second kappa shape index (κ2) is 7.76. The zero-order valence-electron chi connectivity index (χ0n) is 10.8. The topological polar surface area (TPSA) is 64.6 Å². The first kappa shape index (κ1) is 15.5. The molecule has 0 aliphatic carbocycles. The molecule has 0 aliphatic heterocycles. The molecule has 19 heavy (non-hydrogen) atoms. The zero-order valence-corrected chi connectivity index (χ0v) is 11.6. The number of hydrogen-bond acceptors (Lipinski definition) is 4. The van der Waals surface area contributed by atoms with Crippen molar-refractivity contribution in [2.45, 2.75) is 13.0 Å². The Labute approximate surface area is 116 Å². The first-order valence-corrected chi connectivity index (χ1v) is 6.14. The van der Waals surface area contributed by atoms with Gasteiger partial charge in [-0.25, -0.2) is 0 Å². The Bertz CT molecular complexity index is 450. The molecule has 0 saturated carbocycles. The maximum Gasteiger partial charge on any atom is 0.260 e. The molecular weight excluding hydrogens is 270 g/mol. The lowest BCUT2D eigenvalue weighted by Gasteiger charge is -2.15. The summed E-state index contributed by atoms with van der Waals surface area (Å²) in [5.41, 5.74) is 0.453. The average Bonchev–Trinajstić information content (AvgIpc) is 2.41. The lowest BCUT2D eigenvalue weighted by molar-refractivity contribution is -0.127. The van der Waals surface area contributed by atoms with Gasteiger partial charge in [0.05, 0.1) is 11.6 Å². The van der Waals surface area contributed by atoms with Crippen molar-refractivity contribution in [1.29, 1.82) is 0 Å². The van der Waals surface area contributed by atoms with Gasteiger partial charge >= 0.3 is 0 Å². The van der Waals surface area contributed by atoms with Crippen LogP contribution in [-0.4, -0.2) is 38.6 Å². The SMILES string of the molecule is COCCNC(=O)C(C)Oc1ccc(C=O)cc1Cl. The molecule has 104 valence electrons. The predicted octanol–water partition coefficient (Wildman–Crippen LogP) is 1.68. The third-order valence-electron chi connectivity index (χ3n) is 2.37. The molecule has 0 radical (unpaired) electrons. The smallest absolute Gasteiger partial charge is 0.260 e. The number of carbonyl (C=O) groups is 2. The van der Waals surface area contributed by atoms with Gasteiger partial charge in [-0.1, -0.05) is 11.6 Å². The maximum atomic E-state index is 11.7. The molecule has 0 saturated heterocycles. The van der Waals surface area contributed by atoms with Crippen LogP contribution in [-0.2, 0) is 9.53 Å². The summed E-state index contributed by atoms with van der Waals surface area (Å²) in [5.74, 6) is 0.106. The summed E-state index contributed by atoms with van der Waals surface area (Å²) in [5, 5.41) is 2.95. The van der Waals surface area contributed by atoms with Gasteiger partial charge in [-0.2, -0.15) is 0 Å². The van der Waals surface area contributed by atoms with Crippen molar-refractivity contribution < 1.29 is 19.1 Å². The molecule has 1 aromatic carbocycles. The molecule has 0 fully saturated rings.